The molecule has 6 heteroatoms. The van der Waals surface area contributed by atoms with Gasteiger partial charge in [-0.2, -0.15) is 0 Å². The Morgan fingerprint density at radius 2 is 1.78 bits per heavy atom. The van der Waals surface area contributed by atoms with Gasteiger partial charge in [0.25, 0.3) is 0 Å². The average Bonchev–Trinajstić information content (AvgIpc) is 2.46. The highest BCUT2D eigenvalue weighted by molar-refractivity contribution is 5.92. The van der Waals surface area contributed by atoms with Gasteiger partial charge >= 0.3 is 0 Å². The Balaban J connectivity index is 1.83. The molecule has 0 saturated carbocycles. The summed E-state index contributed by atoms with van der Waals surface area (Å²) in [6.07, 6.45) is 0. The van der Waals surface area contributed by atoms with Crippen molar-refractivity contribution >= 4 is 11.6 Å². The van der Waals surface area contributed by atoms with Crippen molar-refractivity contribution in [2.75, 3.05) is 18.5 Å². The van der Waals surface area contributed by atoms with E-state index in [2.05, 4.69) is 16.4 Å². The summed E-state index contributed by atoms with van der Waals surface area (Å²) < 4.78 is 31.1. The summed E-state index contributed by atoms with van der Waals surface area (Å²) in [6, 6.07) is 9.37. The molecule has 2 rings (SSSR count). The van der Waals surface area contributed by atoms with Gasteiger partial charge in [0.15, 0.2) is 17.6 Å². The van der Waals surface area contributed by atoms with Crippen molar-refractivity contribution in [2.24, 2.45) is 10.7 Å². The number of nitrogens with two attached hydrogens (primary N) is 1. The summed E-state index contributed by atoms with van der Waals surface area (Å²) in [4.78, 5) is 4.12. The van der Waals surface area contributed by atoms with Crippen LogP contribution in [0.4, 0.5) is 14.5 Å². The second-order valence-electron chi connectivity index (χ2n) is 5.19. The molecule has 122 valence electrons. The molecule has 0 atom stereocenters. The Morgan fingerprint density at radius 3 is 2.43 bits per heavy atom. The first-order valence-corrected chi connectivity index (χ1v) is 7.17. The third kappa shape index (κ3) is 5.25. The molecule has 0 aliphatic rings. The van der Waals surface area contributed by atoms with Crippen LogP contribution in [0.1, 0.15) is 11.1 Å². The highest BCUT2D eigenvalue weighted by atomic mass is 19.2. The fourth-order valence-corrected chi connectivity index (χ4v) is 2.13. The van der Waals surface area contributed by atoms with Crippen LogP contribution < -0.4 is 15.8 Å². The molecule has 0 heterocycles. The molecular weight excluding hydrogens is 300 g/mol. The van der Waals surface area contributed by atoms with Gasteiger partial charge in [0.2, 0.25) is 0 Å². The number of hydrogen-bond donors (Lipinski definition) is 2. The van der Waals surface area contributed by atoms with Crippen molar-refractivity contribution in [3.05, 3.63) is 59.2 Å². The number of anilines is 1. The summed E-state index contributed by atoms with van der Waals surface area (Å²) in [7, 11) is 0. The molecule has 0 unspecified atom stereocenters. The molecule has 2 aromatic carbocycles. The van der Waals surface area contributed by atoms with E-state index < -0.39 is 11.6 Å². The van der Waals surface area contributed by atoms with E-state index in [0.29, 0.717) is 6.54 Å². The zero-order valence-electron chi connectivity index (χ0n) is 13.1. The Bertz CT molecular complexity index is 697. The number of guanidine groups is 1. The highest BCUT2D eigenvalue weighted by Gasteiger charge is 2.03. The predicted molar refractivity (Wildman–Crippen MR) is 87.9 cm³/mol. The number of hydrogen-bond acceptors (Lipinski definition) is 2. The highest BCUT2D eigenvalue weighted by Crippen LogP contribution is 2.15. The number of aryl methyl sites for hydroxylation is 2. The Hall–Kier alpha value is -2.63. The third-order valence-corrected chi connectivity index (χ3v) is 3.03. The fourth-order valence-electron chi connectivity index (χ4n) is 2.13. The lowest BCUT2D eigenvalue weighted by Gasteiger charge is -2.08. The van der Waals surface area contributed by atoms with E-state index in [1.54, 1.807) is 0 Å². The van der Waals surface area contributed by atoms with Gasteiger partial charge in [-0.3, -0.25) is 0 Å². The van der Waals surface area contributed by atoms with Crippen LogP contribution in [0.2, 0.25) is 0 Å². The average molecular weight is 319 g/mol. The monoisotopic (exact) mass is 319 g/mol. The van der Waals surface area contributed by atoms with Crippen LogP contribution >= 0.6 is 0 Å². The van der Waals surface area contributed by atoms with Gasteiger partial charge < -0.3 is 15.8 Å². The third-order valence-electron chi connectivity index (χ3n) is 3.03. The van der Waals surface area contributed by atoms with Crippen LogP contribution in [0.5, 0.6) is 5.75 Å². The number of aliphatic imine (C=N–C) groups is 1. The predicted octanol–water partition coefficient (Wildman–Crippen LogP) is 3.39. The number of rotatable bonds is 5. The number of ether oxygens (including phenoxy) is 1. The normalized spacial score (nSPS) is 11.4. The van der Waals surface area contributed by atoms with Crippen molar-refractivity contribution in [3.63, 3.8) is 0 Å². The lowest BCUT2D eigenvalue weighted by atomic mass is 10.1. The van der Waals surface area contributed by atoms with Gasteiger partial charge in [-0.05, 0) is 49.2 Å². The smallest absolute Gasteiger partial charge is 0.193 e. The molecule has 2 aromatic rings. The Kier molecular flexibility index (Phi) is 5.51. The van der Waals surface area contributed by atoms with Gasteiger partial charge in [0, 0.05) is 11.8 Å². The van der Waals surface area contributed by atoms with Gasteiger partial charge in [-0.15, -0.1) is 0 Å². The topological polar surface area (TPSA) is 59.6 Å². The van der Waals surface area contributed by atoms with Crippen LogP contribution in [0, 0.1) is 25.5 Å². The molecule has 0 radical (unpaired) electrons. The van der Waals surface area contributed by atoms with Crippen LogP contribution in [0.3, 0.4) is 0 Å². The van der Waals surface area contributed by atoms with Crippen LogP contribution in [-0.4, -0.2) is 19.1 Å². The summed E-state index contributed by atoms with van der Waals surface area (Å²) in [5.41, 5.74) is 8.92. The first-order valence-electron chi connectivity index (χ1n) is 7.17. The first kappa shape index (κ1) is 16.7. The molecule has 3 N–H and O–H groups in total. The summed E-state index contributed by atoms with van der Waals surface area (Å²) in [5.74, 6) is -1.33. The van der Waals surface area contributed by atoms with Gasteiger partial charge in [0.05, 0.1) is 6.54 Å². The number of nitrogens with one attached hydrogen (secondary N) is 1. The van der Waals surface area contributed by atoms with E-state index in [-0.39, 0.29) is 18.3 Å². The second kappa shape index (κ2) is 7.58. The van der Waals surface area contributed by atoms with E-state index in [1.165, 1.54) is 6.07 Å². The summed E-state index contributed by atoms with van der Waals surface area (Å²) >= 11 is 0. The summed E-state index contributed by atoms with van der Waals surface area (Å²) in [6.45, 7) is 4.51. The minimum Gasteiger partial charge on any atom is -0.492 e. The SMILES string of the molecule is Cc1cc(C)cc(NC(N)=NCCOc2ccc(F)c(F)c2)c1. The first-order chi connectivity index (χ1) is 10.9. The number of halogens is 2. The van der Waals surface area contributed by atoms with E-state index in [9.17, 15) is 8.78 Å². The lowest BCUT2D eigenvalue weighted by Crippen LogP contribution is -2.23. The number of nitrogens with zero attached hydrogens (tertiary/aromatic N) is 1. The summed E-state index contributed by atoms with van der Waals surface area (Å²) in [5, 5.41) is 3.00. The zero-order valence-corrected chi connectivity index (χ0v) is 13.1. The quantitative estimate of drug-likeness (QED) is 0.504. The van der Waals surface area contributed by atoms with Crippen molar-refractivity contribution in [1.29, 1.82) is 0 Å². The lowest BCUT2D eigenvalue weighted by molar-refractivity contribution is 0.325. The second-order valence-corrected chi connectivity index (χ2v) is 5.19. The van der Waals surface area contributed by atoms with Crippen molar-refractivity contribution < 1.29 is 13.5 Å². The Morgan fingerprint density at radius 1 is 1.09 bits per heavy atom. The van der Waals surface area contributed by atoms with E-state index >= 15 is 0 Å². The molecule has 0 amide bonds. The minimum absolute atomic E-state index is 0.209. The van der Waals surface area contributed by atoms with Crippen LogP contribution in [0.25, 0.3) is 0 Å². The van der Waals surface area contributed by atoms with E-state index in [4.69, 9.17) is 10.5 Å². The number of benzene rings is 2. The van der Waals surface area contributed by atoms with E-state index in [0.717, 1.165) is 28.9 Å². The zero-order chi connectivity index (χ0) is 16.8. The van der Waals surface area contributed by atoms with Crippen molar-refractivity contribution in [1.82, 2.24) is 0 Å². The van der Waals surface area contributed by atoms with Crippen LogP contribution in [0.15, 0.2) is 41.4 Å². The molecule has 23 heavy (non-hydrogen) atoms. The Labute approximate surface area is 134 Å². The van der Waals surface area contributed by atoms with Gasteiger partial charge in [-0.1, -0.05) is 6.07 Å². The molecule has 0 saturated heterocycles. The van der Waals surface area contributed by atoms with E-state index in [1.807, 2.05) is 26.0 Å². The largest absolute Gasteiger partial charge is 0.492 e. The van der Waals surface area contributed by atoms with Crippen LogP contribution in [-0.2, 0) is 0 Å². The molecule has 0 aliphatic carbocycles. The maximum absolute atomic E-state index is 13.0. The molecule has 0 spiro atoms. The maximum atomic E-state index is 13.0. The molecule has 0 fully saturated rings. The molecular formula is C17H19F2N3O. The standard InChI is InChI=1S/C17H19F2N3O/c1-11-7-12(2)9-13(8-11)22-17(20)21-5-6-23-14-3-4-15(18)16(19)10-14/h3-4,7-10H,5-6H2,1-2H3,(H3,20,21,22). The molecule has 0 aliphatic heterocycles. The van der Waals surface area contributed by atoms with Gasteiger partial charge in [0.1, 0.15) is 12.4 Å². The molecule has 0 aromatic heterocycles. The van der Waals surface area contributed by atoms with Crippen molar-refractivity contribution in [2.45, 2.75) is 13.8 Å². The molecule has 0 bridgehead atoms. The molecule has 4 nitrogen and oxygen atoms in total. The minimum atomic E-state index is -0.943. The van der Waals surface area contributed by atoms with Crippen molar-refractivity contribution in [3.8, 4) is 5.75 Å². The van der Waals surface area contributed by atoms with Gasteiger partial charge in [-0.25, -0.2) is 13.8 Å². The fraction of sp³-hybridized carbons (Fsp3) is 0.235. The maximum Gasteiger partial charge on any atom is 0.193 e.